The van der Waals surface area contributed by atoms with Gasteiger partial charge in [0, 0.05) is 46.1 Å². The predicted molar refractivity (Wildman–Crippen MR) is 135 cm³/mol. The molecule has 2 heterocycles. The van der Waals surface area contributed by atoms with E-state index < -0.39 is 0 Å². The molecule has 1 saturated heterocycles. The number of fused-ring (bicyclic) bond motifs is 1. The second kappa shape index (κ2) is 15.0. The lowest BCUT2D eigenvalue weighted by Crippen LogP contribution is -2.38. The molecular formula is C22H35ClIN3O4. The Balaban J connectivity index is 0.00000341. The summed E-state index contributed by atoms with van der Waals surface area (Å²) in [6, 6.07) is 3.94. The third-order valence-electron chi connectivity index (χ3n) is 5.12. The highest BCUT2D eigenvalue weighted by Crippen LogP contribution is 2.38. The van der Waals surface area contributed by atoms with Crippen LogP contribution >= 0.6 is 35.6 Å². The van der Waals surface area contributed by atoms with Crippen LogP contribution in [0.5, 0.6) is 11.5 Å². The first kappa shape index (κ1) is 26.3. The molecule has 0 saturated carbocycles. The number of benzene rings is 1. The van der Waals surface area contributed by atoms with Crippen molar-refractivity contribution in [2.45, 2.75) is 32.6 Å². The van der Waals surface area contributed by atoms with Crippen molar-refractivity contribution in [1.29, 1.82) is 0 Å². The Morgan fingerprint density at radius 3 is 2.77 bits per heavy atom. The molecule has 0 atom stereocenters. The van der Waals surface area contributed by atoms with Crippen molar-refractivity contribution < 1.29 is 18.9 Å². The van der Waals surface area contributed by atoms with E-state index >= 15 is 0 Å². The summed E-state index contributed by atoms with van der Waals surface area (Å²) in [7, 11) is 0. The van der Waals surface area contributed by atoms with E-state index in [1.807, 2.05) is 12.1 Å². The molecule has 176 valence electrons. The summed E-state index contributed by atoms with van der Waals surface area (Å²) in [4.78, 5) is 4.64. The van der Waals surface area contributed by atoms with Crippen LogP contribution in [0.25, 0.3) is 0 Å². The summed E-state index contributed by atoms with van der Waals surface area (Å²) in [6.45, 7) is 8.79. The number of hydrogen-bond donors (Lipinski definition) is 2. The normalized spacial score (nSPS) is 16.5. The number of ether oxygens (including phenoxy) is 4. The van der Waals surface area contributed by atoms with Gasteiger partial charge in [-0.05, 0) is 56.2 Å². The molecule has 31 heavy (non-hydrogen) atoms. The van der Waals surface area contributed by atoms with Crippen LogP contribution in [0.15, 0.2) is 17.1 Å². The van der Waals surface area contributed by atoms with Gasteiger partial charge in [-0.15, -0.1) is 24.0 Å². The van der Waals surface area contributed by atoms with Gasteiger partial charge in [-0.1, -0.05) is 11.6 Å². The Bertz CT molecular complexity index is 687. The maximum atomic E-state index is 6.32. The average molecular weight is 568 g/mol. The smallest absolute Gasteiger partial charge is 0.191 e. The summed E-state index contributed by atoms with van der Waals surface area (Å²) < 4.78 is 22.4. The van der Waals surface area contributed by atoms with Crippen molar-refractivity contribution in [3.8, 4) is 11.5 Å². The minimum Gasteiger partial charge on any atom is -0.486 e. The van der Waals surface area contributed by atoms with Gasteiger partial charge in [0.2, 0.25) is 0 Å². The molecule has 1 fully saturated rings. The minimum absolute atomic E-state index is 0. The predicted octanol–water partition coefficient (Wildman–Crippen LogP) is 3.66. The van der Waals surface area contributed by atoms with E-state index in [0.29, 0.717) is 29.9 Å². The number of nitrogens with zero attached hydrogens (tertiary/aromatic N) is 1. The molecule has 0 aromatic heterocycles. The number of halogens is 2. The van der Waals surface area contributed by atoms with E-state index in [9.17, 15) is 0 Å². The Hall–Kier alpha value is -0.970. The zero-order valence-corrected chi connectivity index (χ0v) is 21.4. The minimum atomic E-state index is 0. The second-order valence-corrected chi connectivity index (χ2v) is 7.93. The van der Waals surface area contributed by atoms with Crippen LogP contribution in [-0.2, 0) is 15.9 Å². The highest BCUT2D eigenvalue weighted by atomic mass is 127. The quantitative estimate of drug-likeness (QED) is 0.195. The first-order chi connectivity index (χ1) is 14.8. The molecule has 0 aliphatic carbocycles. The fourth-order valence-electron chi connectivity index (χ4n) is 3.50. The summed E-state index contributed by atoms with van der Waals surface area (Å²) in [5.41, 5.74) is 1.11. The van der Waals surface area contributed by atoms with E-state index in [0.717, 1.165) is 89.0 Å². The highest BCUT2D eigenvalue weighted by Gasteiger charge is 2.16. The molecular weight excluding hydrogens is 533 g/mol. The van der Waals surface area contributed by atoms with E-state index in [2.05, 4.69) is 22.5 Å². The number of guanidine groups is 1. The van der Waals surface area contributed by atoms with Crippen molar-refractivity contribution in [3.63, 3.8) is 0 Å². The maximum absolute atomic E-state index is 6.32. The van der Waals surface area contributed by atoms with Gasteiger partial charge in [0.25, 0.3) is 0 Å². The topological polar surface area (TPSA) is 73.3 Å². The van der Waals surface area contributed by atoms with Crippen LogP contribution in [0, 0.1) is 5.92 Å². The lowest BCUT2D eigenvalue weighted by molar-refractivity contribution is 0.0205. The Labute approximate surface area is 207 Å². The lowest BCUT2D eigenvalue weighted by atomic mass is 10.0. The zero-order chi connectivity index (χ0) is 21.0. The van der Waals surface area contributed by atoms with Crippen LogP contribution in [0.4, 0.5) is 0 Å². The Morgan fingerprint density at radius 2 is 1.97 bits per heavy atom. The lowest BCUT2D eigenvalue weighted by Gasteiger charge is -2.21. The third-order valence-corrected chi connectivity index (χ3v) is 5.40. The molecule has 2 aliphatic rings. The number of nitrogens with one attached hydrogen (secondary N) is 2. The molecule has 9 heteroatoms. The van der Waals surface area contributed by atoms with Gasteiger partial charge < -0.3 is 29.6 Å². The van der Waals surface area contributed by atoms with Crippen LogP contribution in [-0.4, -0.2) is 65.2 Å². The summed E-state index contributed by atoms with van der Waals surface area (Å²) in [5.74, 6) is 2.85. The van der Waals surface area contributed by atoms with Gasteiger partial charge in [0.15, 0.2) is 17.5 Å². The Kier molecular flexibility index (Phi) is 12.7. The van der Waals surface area contributed by atoms with E-state index in [-0.39, 0.29) is 24.0 Å². The SMILES string of the molecule is CCNC(=NCCCOCC1CCOCC1)NCCc1cc(Cl)c2c(c1)OCCO2.I. The van der Waals surface area contributed by atoms with Crippen molar-refractivity contribution in [3.05, 3.63) is 22.7 Å². The number of aliphatic imine (C=N–C) groups is 1. The van der Waals surface area contributed by atoms with Crippen molar-refractivity contribution in [2.75, 3.05) is 59.3 Å². The van der Waals surface area contributed by atoms with Crippen molar-refractivity contribution >= 4 is 41.5 Å². The monoisotopic (exact) mass is 567 g/mol. The van der Waals surface area contributed by atoms with Crippen LogP contribution in [0.3, 0.4) is 0 Å². The standard InChI is InChI=1S/C22H34ClN3O4.HI/c1-2-24-22(25-7-3-9-28-16-17-5-10-27-11-6-17)26-8-4-18-14-19(23)21-20(15-18)29-12-13-30-21;/h14-15,17H,2-13,16H2,1H3,(H2,24,25,26);1H. The van der Waals surface area contributed by atoms with Gasteiger partial charge in [-0.3, -0.25) is 4.99 Å². The second-order valence-electron chi connectivity index (χ2n) is 7.52. The van der Waals surface area contributed by atoms with Crippen LogP contribution in [0.2, 0.25) is 5.02 Å². The summed E-state index contributed by atoms with van der Waals surface area (Å²) >= 11 is 6.32. The third kappa shape index (κ3) is 9.19. The molecule has 0 unspecified atom stereocenters. The van der Waals surface area contributed by atoms with Gasteiger partial charge in [0.05, 0.1) is 5.02 Å². The Morgan fingerprint density at radius 1 is 1.16 bits per heavy atom. The van der Waals surface area contributed by atoms with Crippen LogP contribution in [0.1, 0.15) is 31.7 Å². The fraction of sp³-hybridized carbons (Fsp3) is 0.682. The molecule has 0 radical (unpaired) electrons. The van der Waals surface area contributed by atoms with Crippen molar-refractivity contribution in [2.24, 2.45) is 10.9 Å². The molecule has 1 aromatic carbocycles. The van der Waals surface area contributed by atoms with Gasteiger partial charge >= 0.3 is 0 Å². The largest absolute Gasteiger partial charge is 0.486 e. The molecule has 0 spiro atoms. The summed E-state index contributed by atoms with van der Waals surface area (Å²) in [6.07, 6.45) is 3.95. The highest BCUT2D eigenvalue weighted by molar-refractivity contribution is 14.0. The van der Waals surface area contributed by atoms with Gasteiger partial charge in [0.1, 0.15) is 13.2 Å². The molecule has 2 aliphatic heterocycles. The van der Waals surface area contributed by atoms with Crippen molar-refractivity contribution in [1.82, 2.24) is 10.6 Å². The molecule has 2 N–H and O–H groups in total. The fourth-order valence-corrected chi connectivity index (χ4v) is 3.78. The van der Waals surface area contributed by atoms with E-state index in [1.54, 1.807) is 0 Å². The number of hydrogen-bond acceptors (Lipinski definition) is 5. The zero-order valence-electron chi connectivity index (χ0n) is 18.3. The molecule has 0 bridgehead atoms. The van der Waals surface area contributed by atoms with E-state index in [1.165, 1.54) is 0 Å². The average Bonchev–Trinajstić information content (AvgIpc) is 2.77. The molecule has 0 amide bonds. The first-order valence-corrected chi connectivity index (χ1v) is 11.4. The van der Waals surface area contributed by atoms with E-state index in [4.69, 9.17) is 30.5 Å². The molecule has 3 rings (SSSR count). The van der Waals surface area contributed by atoms with Gasteiger partial charge in [-0.25, -0.2) is 0 Å². The number of rotatable bonds is 10. The van der Waals surface area contributed by atoms with Gasteiger partial charge in [-0.2, -0.15) is 0 Å². The maximum Gasteiger partial charge on any atom is 0.191 e. The summed E-state index contributed by atoms with van der Waals surface area (Å²) in [5, 5.41) is 7.27. The molecule has 7 nitrogen and oxygen atoms in total. The first-order valence-electron chi connectivity index (χ1n) is 11.0. The van der Waals surface area contributed by atoms with Crippen LogP contribution < -0.4 is 20.1 Å². The molecule has 1 aromatic rings.